The van der Waals surface area contributed by atoms with Crippen molar-refractivity contribution in [3.05, 3.63) is 35.4 Å². The van der Waals surface area contributed by atoms with Crippen LogP contribution in [-0.2, 0) is 11.3 Å². The van der Waals surface area contributed by atoms with Gasteiger partial charge in [-0.3, -0.25) is 9.59 Å². The first-order chi connectivity index (χ1) is 8.45. The van der Waals surface area contributed by atoms with Crippen molar-refractivity contribution < 1.29 is 9.59 Å². The molecule has 2 amide bonds. The standard InChI is InChI=1S/C13H19N3O2.ClH/c1-15(2)12(17)9-16(3)13(18)11-6-4-10(8-14)5-7-11;/h4-7H,8-9,14H2,1-3H3;1H. The molecule has 0 atom stereocenters. The third-order valence-electron chi connectivity index (χ3n) is 2.65. The van der Waals surface area contributed by atoms with Crippen molar-refractivity contribution >= 4 is 24.2 Å². The number of nitrogens with two attached hydrogens (primary N) is 1. The van der Waals surface area contributed by atoms with Gasteiger partial charge in [0.1, 0.15) is 0 Å². The highest BCUT2D eigenvalue weighted by Gasteiger charge is 2.15. The fourth-order valence-electron chi connectivity index (χ4n) is 1.42. The number of likely N-dealkylation sites (N-methyl/N-ethyl adjacent to an activating group) is 2. The van der Waals surface area contributed by atoms with Crippen molar-refractivity contribution in [3.8, 4) is 0 Å². The lowest BCUT2D eigenvalue weighted by atomic mass is 10.1. The van der Waals surface area contributed by atoms with Crippen LogP contribution in [0.2, 0.25) is 0 Å². The van der Waals surface area contributed by atoms with Gasteiger partial charge in [-0.2, -0.15) is 0 Å². The molecule has 0 radical (unpaired) electrons. The third-order valence-corrected chi connectivity index (χ3v) is 2.65. The Labute approximate surface area is 119 Å². The summed E-state index contributed by atoms with van der Waals surface area (Å²) in [5.74, 6) is -0.279. The van der Waals surface area contributed by atoms with E-state index in [2.05, 4.69) is 0 Å². The lowest BCUT2D eigenvalue weighted by Crippen LogP contribution is -2.37. The van der Waals surface area contributed by atoms with Gasteiger partial charge in [0.25, 0.3) is 5.91 Å². The average Bonchev–Trinajstić information content (AvgIpc) is 2.37. The molecule has 1 aromatic rings. The first-order valence-corrected chi connectivity index (χ1v) is 5.70. The number of halogens is 1. The van der Waals surface area contributed by atoms with Crippen molar-refractivity contribution in [1.82, 2.24) is 9.80 Å². The smallest absolute Gasteiger partial charge is 0.254 e. The molecule has 6 heteroatoms. The monoisotopic (exact) mass is 285 g/mol. The van der Waals surface area contributed by atoms with Crippen LogP contribution in [0.25, 0.3) is 0 Å². The van der Waals surface area contributed by atoms with Gasteiger partial charge >= 0.3 is 0 Å². The summed E-state index contributed by atoms with van der Waals surface area (Å²) in [5.41, 5.74) is 7.02. The summed E-state index contributed by atoms with van der Waals surface area (Å²) >= 11 is 0. The largest absolute Gasteiger partial charge is 0.347 e. The molecule has 0 unspecified atom stereocenters. The van der Waals surface area contributed by atoms with E-state index in [-0.39, 0.29) is 30.8 Å². The van der Waals surface area contributed by atoms with E-state index in [4.69, 9.17) is 5.73 Å². The van der Waals surface area contributed by atoms with Crippen molar-refractivity contribution in [2.75, 3.05) is 27.7 Å². The fourth-order valence-corrected chi connectivity index (χ4v) is 1.42. The SMILES string of the molecule is CN(C)C(=O)CN(C)C(=O)c1ccc(CN)cc1.Cl. The van der Waals surface area contributed by atoms with E-state index in [1.807, 2.05) is 12.1 Å². The summed E-state index contributed by atoms with van der Waals surface area (Å²) in [6, 6.07) is 7.08. The van der Waals surface area contributed by atoms with Crippen LogP contribution in [0.4, 0.5) is 0 Å². The Morgan fingerprint density at radius 2 is 1.63 bits per heavy atom. The molecule has 0 saturated heterocycles. The summed E-state index contributed by atoms with van der Waals surface area (Å²) in [7, 11) is 4.94. The minimum absolute atomic E-state index is 0. The molecule has 2 N–H and O–H groups in total. The van der Waals surface area contributed by atoms with Gasteiger partial charge in [-0.25, -0.2) is 0 Å². The van der Waals surface area contributed by atoms with Crippen LogP contribution >= 0.6 is 12.4 Å². The maximum atomic E-state index is 12.0. The van der Waals surface area contributed by atoms with Crippen LogP contribution in [0.1, 0.15) is 15.9 Å². The van der Waals surface area contributed by atoms with Crippen LogP contribution < -0.4 is 5.73 Å². The maximum Gasteiger partial charge on any atom is 0.254 e. The van der Waals surface area contributed by atoms with Crippen LogP contribution in [0, 0.1) is 0 Å². The van der Waals surface area contributed by atoms with E-state index >= 15 is 0 Å². The van der Waals surface area contributed by atoms with Gasteiger partial charge in [-0.05, 0) is 17.7 Å². The lowest BCUT2D eigenvalue weighted by molar-refractivity contribution is -0.129. The Morgan fingerprint density at radius 1 is 1.11 bits per heavy atom. The van der Waals surface area contributed by atoms with Gasteiger partial charge in [0.2, 0.25) is 5.91 Å². The molecule has 0 aromatic heterocycles. The minimum Gasteiger partial charge on any atom is -0.347 e. The van der Waals surface area contributed by atoms with Crippen molar-refractivity contribution in [2.45, 2.75) is 6.54 Å². The molecule has 0 spiro atoms. The van der Waals surface area contributed by atoms with E-state index in [0.717, 1.165) is 5.56 Å². The van der Waals surface area contributed by atoms with Crippen LogP contribution in [-0.4, -0.2) is 49.3 Å². The quantitative estimate of drug-likeness (QED) is 0.887. The highest BCUT2D eigenvalue weighted by atomic mass is 35.5. The topological polar surface area (TPSA) is 66.6 Å². The van der Waals surface area contributed by atoms with Gasteiger partial charge < -0.3 is 15.5 Å². The highest BCUT2D eigenvalue weighted by molar-refractivity contribution is 5.96. The maximum absolute atomic E-state index is 12.0. The van der Waals surface area contributed by atoms with Gasteiger partial charge in [-0.15, -0.1) is 12.4 Å². The van der Waals surface area contributed by atoms with E-state index in [1.54, 1.807) is 33.3 Å². The zero-order chi connectivity index (χ0) is 13.7. The normalized spacial score (nSPS) is 9.47. The molecule has 19 heavy (non-hydrogen) atoms. The molecular weight excluding hydrogens is 266 g/mol. The predicted molar refractivity (Wildman–Crippen MR) is 77.2 cm³/mol. The fraction of sp³-hybridized carbons (Fsp3) is 0.385. The second kappa shape index (κ2) is 7.76. The molecule has 0 heterocycles. The minimum atomic E-state index is -0.172. The molecule has 0 bridgehead atoms. The van der Waals surface area contributed by atoms with E-state index in [1.165, 1.54) is 9.80 Å². The Balaban J connectivity index is 0.00000324. The third kappa shape index (κ3) is 4.89. The summed E-state index contributed by atoms with van der Waals surface area (Å²) < 4.78 is 0. The molecule has 0 saturated carbocycles. The summed E-state index contributed by atoms with van der Waals surface area (Å²) in [4.78, 5) is 26.4. The Bertz CT molecular complexity index is 432. The van der Waals surface area contributed by atoms with Crippen molar-refractivity contribution in [1.29, 1.82) is 0 Å². The predicted octanol–water partition coefficient (Wildman–Crippen LogP) is 0.727. The number of benzene rings is 1. The van der Waals surface area contributed by atoms with E-state index < -0.39 is 0 Å². The average molecular weight is 286 g/mol. The molecule has 0 aliphatic rings. The Kier molecular flexibility index (Phi) is 7.11. The zero-order valence-electron chi connectivity index (χ0n) is 11.4. The molecule has 0 aliphatic heterocycles. The first kappa shape index (κ1) is 17.4. The number of carbonyl (C=O) groups is 2. The number of rotatable bonds is 4. The highest BCUT2D eigenvalue weighted by Crippen LogP contribution is 2.06. The number of carbonyl (C=O) groups excluding carboxylic acids is 2. The van der Waals surface area contributed by atoms with Crippen LogP contribution in [0.3, 0.4) is 0 Å². The van der Waals surface area contributed by atoms with E-state index in [0.29, 0.717) is 12.1 Å². The molecule has 1 rings (SSSR count). The number of hydrogen-bond donors (Lipinski definition) is 1. The zero-order valence-corrected chi connectivity index (χ0v) is 12.2. The van der Waals surface area contributed by atoms with Gasteiger partial charge in [0.05, 0.1) is 6.54 Å². The van der Waals surface area contributed by atoms with Crippen molar-refractivity contribution in [3.63, 3.8) is 0 Å². The molecule has 1 aromatic carbocycles. The number of amides is 2. The van der Waals surface area contributed by atoms with Gasteiger partial charge in [0, 0.05) is 33.3 Å². The number of hydrogen-bond acceptors (Lipinski definition) is 3. The molecule has 5 nitrogen and oxygen atoms in total. The Hall–Kier alpha value is -1.59. The summed E-state index contributed by atoms with van der Waals surface area (Å²) in [5, 5.41) is 0. The lowest BCUT2D eigenvalue weighted by Gasteiger charge is -2.19. The molecular formula is C13H20ClN3O2. The van der Waals surface area contributed by atoms with Crippen LogP contribution in [0.5, 0.6) is 0 Å². The van der Waals surface area contributed by atoms with Gasteiger partial charge in [0.15, 0.2) is 0 Å². The van der Waals surface area contributed by atoms with Gasteiger partial charge in [-0.1, -0.05) is 12.1 Å². The number of nitrogens with zero attached hydrogens (tertiary/aromatic N) is 2. The summed E-state index contributed by atoms with van der Waals surface area (Å²) in [6.45, 7) is 0.522. The van der Waals surface area contributed by atoms with E-state index in [9.17, 15) is 9.59 Å². The molecule has 106 valence electrons. The Morgan fingerprint density at radius 3 is 2.05 bits per heavy atom. The summed E-state index contributed by atoms with van der Waals surface area (Å²) in [6.07, 6.45) is 0. The van der Waals surface area contributed by atoms with Crippen LogP contribution in [0.15, 0.2) is 24.3 Å². The van der Waals surface area contributed by atoms with Crippen molar-refractivity contribution in [2.24, 2.45) is 5.73 Å². The second-order valence-corrected chi connectivity index (χ2v) is 4.35. The molecule has 0 fully saturated rings. The molecule has 0 aliphatic carbocycles. The second-order valence-electron chi connectivity index (χ2n) is 4.35. The first-order valence-electron chi connectivity index (χ1n) is 5.70.